The smallest absolute Gasteiger partial charge is 0.255 e. The van der Waals surface area contributed by atoms with Gasteiger partial charge in [-0.2, -0.15) is 5.10 Å². The minimum Gasteiger partial charge on any atom is -0.507 e. The van der Waals surface area contributed by atoms with Gasteiger partial charge in [0.25, 0.3) is 5.91 Å². The van der Waals surface area contributed by atoms with Crippen molar-refractivity contribution in [1.82, 2.24) is 10.1 Å². The molecule has 2 rings (SSSR count). The molecule has 1 amide bonds. The molecule has 0 aromatic heterocycles. The first-order valence-electron chi connectivity index (χ1n) is 7.79. The second-order valence-electron chi connectivity index (χ2n) is 5.34. The number of amides is 1. The lowest BCUT2D eigenvalue weighted by Gasteiger charge is -2.10. The van der Waals surface area contributed by atoms with E-state index in [1.165, 1.54) is 44.7 Å². The molecule has 0 aliphatic carbocycles. The topological polar surface area (TPSA) is 126 Å². The van der Waals surface area contributed by atoms with Gasteiger partial charge in [0, 0.05) is 16.1 Å². The van der Waals surface area contributed by atoms with Crippen LogP contribution in [0.2, 0.25) is 0 Å². The van der Waals surface area contributed by atoms with Crippen LogP contribution in [0.1, 0.15) is 5.56 Å². The van der Waals surface area contributed by atoms with E-state index in [9.17, 15) is 18.3 Å². The Kier molecular flexibility index (Phi) is 7.38. The molecule has 0 radical (unpaired) electrons. The van der Waals surface area contributed by atoms with E-state index in [4.69, 9.17) is 9.47 Å². The zero-order valence-corrected chi connectivity index (χ0v) is 17.4. The Hall–Kier alpha value is -2.63. The van der Waals surface area contributed by atoms with Crippen molar-refractivity contribution in [2.75, 3.05) is 20.8 Å². The standard InChI is InChI=1S/C17H18BrN3O6S/c1-26-15-6-4-13(8-16(15)27-2)28(24,25)20-10-17(23)21-19-9-11-7-12(18)3-5-14(11)22/h3-9,20,22H,10H2,1-2H3,(H,21,23). The van der Waals surface area contributed by atoms with Crippen molar-refractivity contribution in [3.63, 3.8) is 0 Å². The molecule has 28 heavy (non-hydrogen) atoms. The van der Waals surface area contributed by atoms with Gasteiger partial charge in [-0.25, -0.2) is 18.6 Å². The third kappa shape index (κ3) is 5.68. The molecule has 0 heterocycles. The highest BCUT2D eigenvalue weighted by Crippen LogP contribution is 2.29. The first kappa shape index (κ1) is 21.7. The predicted octanol–water partition coefficient (Wildman–Crippen LogP) is 1.60. The number of sulfonamides is 1. The normalized spacial score (nSPS) is 11.4. The molecule has 0 bridgehead atoms. The summed E-state index contributed by atoms with van der Waals surface area (Å²) in [6.07, 6.45) is 1.24. The number of benzene rings is 2. The van der Waals surface area contributed by atoms with Gasteiger partial charge in [0.05, 0.1) is 31.9 Å². The van der Waals surface area contributed by atoms with Crippen molar-refractivity contribution in [3.05, 3.63) is 46.4 Å². The average molecular weight is 472 g/mol. The van der Waals surface area contributed by atoms with Crippen LogP contribution in [-0.2, 0) is 14.8 Å². The Morgan fingerprint density at radius 2 is 1.89 bits per heavy atom. The molecular weight excluding hydrogens is 454 g/mol. The van der Waals surface area contributed by atoms with Gasteiger partial charge in [0.2, 0.25) is 10.0 Å². The van der Waals surface area contributed by atoms with Gasteiger partial charge in [-0.3, -0.25) is 4.79 Å². The number of halogens is 1. The minimum atomic E-state index is -3.95. The summed E-state index contributed by atoms with van der Waals surface area (Å²) in [5.74, 6) is -0.0808. The molecule has 2 aromatic rings. The molecule has 2 aromatic carbocycles. The molecule has 3 N–H and O–H groups in total. The number of rotatable bonds is 8. The van der Waals surface area contributed by atoms with E-state index in [1.54, 1.807) is 12.1 Å². The summed E-state index contributed by atoms with van der Waals surface area (Å²) in [5, 5.41) is 13.4. The molecule has 9 nitrogen and oxygen atoms in total. The van der Waals surface area contributed by atoms with Crippen LogP contribution in [0.3, 0.4) is 0 Å². The first-order valence-corrected chi connectivity index (χ1v) is 10.1. The van der Waals surface area contributed by atoms with Crippen molar-refractivity contribution < 1.29 is 27.8 Å². The lowest BCUT2D eigenvalue weighted by molar-refractivity contribution is -0.119. The molecule has 0 saturated heterocycles. The van der Waals surface area contributed by atoms with Gasteiger partial charge < -0.3 is 14.6 Å². The molecule has 0 spiro atoms. The number of hydrogen-bond donors (Lipinski definition) is 3. The highest BCUT2D eigenvalue weighted by atomic mass is 79.9. The van der Waals surface area contributed by atoms with Crippen LogP contribution in [0.25, 0.3) is 0 Å². The maximum atomic E-state index is 12.3. The van der Waals surface area contributed by atoms with Crippen LogP contribution in [0.4, 0.5) is 0 Å². The van der Waals surface area contributed by atoms with E-state index in [-0.39, 0.29) is 16.4 Å². The van der Waals surface area contributed by atoms with Crippen molar-refractivity contribution >= 4 is 38.1 Å². The number of carbonyl (C=O) groups excluding carboxylic acids is 1. The number of aromatic hydroxyl groups is 1. The van der Waals surface area contributed by atoms with Crippen LogP contribution in [0, 0.1) is 0 Å². The molecule has 150 valence electrons. The SMILES string of the molecule is COc1ccc(S(=O)(=O)NCC(=O)NN=Cc2cc(Br)ccc2O)cc1OC. The van der Waals surface area contributed by atoms with Crippen LogP contribution in [0.15, 0.2) is 50.9 Å². The van der Waals surface area contributed by atoms with Gasteiger partial charge in [-0.05, 0) is 30.3 Å². The Labute approximate surface area is 170 Å². The summed E-state index contributed by atoms with van der Waals surface area (Å²) in [5.41, 5.74) is 2.55. The Morgan fingerprint density at radius 1 is 1.18 bits per heavy atom. The highest BCUT2D eigenvalue weighted by Gasteiger charge is 2.18. The van der Waals surface area contributed by atoms with Gasteiger partial charge in [-0.15, -0.1) is 0 Å². The number of carbonyl (C=O) groups is 1. The van der Waals surface area contributed by atoms with Crippen molar-refractivity contribution in [2.24, 2.45) is 5.10 Å². The van der Waals surface area contributed by atoms with Crippen molar-refractivity contribution in [3.8, 4) is 17.2 Å². The van der Waals surface area contributed by atoms with E-state index in [0.29, 0.717) is 11.3 Å². The number of phenolic OH excluding ortho intramolecular Hbond substituents is 1. The molecule has 0 atom stereocenters. The number of phenols is 1. The van der Waals surface area contributed by atoms with E-state index < -0.39 is 22.5 Å². The summed E-state index contributed by atoms with van der Waals surface area (Å²) in [6.45, 7) is -0.529. The second-order valence-corrected chi connectivity index (χ2v) is 8.02. The maximum absolute atomic E-state index is 12.3. The van der Waals surface area contributed by atoms with Crippen molar-refractivity contribution in [2.45, 2.75) is 4.90 Å². The van der Waals surface area contributed by atoms with E-state index in [1.807, 2.05) is 0 Å². The molecule has 0 fully saturated rings. The third-order valence-electron chi connectivity index (χ3n) is 3.47. The largest absolute Gasteiger partial charge is 0.507 e. The van der Waals surface area contributed by atoms with Gasteiger partial charge in [0.15, 0.2) is 11.5 Å². The van der Waals surface area contributed by atoms with Gasteiger partial charge >= 0.3 is 0 Å². The van der Waals surface area contributed by atoms with Crippen LogP contribution in [-0.4, -0.2) is 46.4 Å². The number of methoxy groups -OCH3 is 2. The number of hydrogen-bond acceptors (Lipinski definition) is 7. The van der Waals surface area contributed by atoms with E-state index >= 15 is 0 Å². The van der Waals surface area contributed by atoms with Crippen LogP contribution < -0.4 is 19.6 Å². The molecule has 0 aliphatic heterocycles. The van der Waals surface area contributed by atoms with Crippen molar-refractivity contribution in [1.29, 1.82) is 0 Å². The monoisotopic (exact) mass is 471 g/mol. The lowest BCUT2D eigenvalue weighted by Crippen LogP contribution is -2.34. The maximum Gasteiger partial charge on any atom is 0.255 e. The highest BCUT2D eigenvalue weighted by molar-refractivity contribution is 9.10. The van der Waals surface area contributed by atoms with Crippen LogP contribution >= 0.6 is 15.9 Å². The fraction of sp³-hybridized carbons (Fsp3) is 0.176. The summed E-state index contributed by atoms with van der Waals surface area (Å²) in [4.78, 5) is 11.7. The molecular formula is C17H18BrN3O6S. The third-order valence-corrected chi connectivity index (χ3v) is 5.36. The quantitative estimate of drug-likeness (QED) is 0.396. The number of ether oxygens (including phenoxy) is 2. The van der Waals surface area contributed by atoms with Gasteiger partial charge in [-0.1, -0.05) is 15.9 Å². The first-order chi connectivity index (χ1) is 13.3. The van der Waals surface area contributed by atoms with E-state index in [0.717, 1.165) is 4.47 Å². The van der Waals surface area contributed by atoms with Gasteiger partial charge in [0.1, 0.15) is 5.75 Å². The molecule has 0 unspecified atom stereocenters. The molecule has 0 aliphatic rings. The Balaban J connectivity index is 1.98. The summed E-state index contributed by atoms with van der Waals surface area (Å²) < 4.78 is 37.7. The zero-order valence-electron chi connectivity index (χ0n) is 15.0. The minimum absolute atomic E-state index is 0.0182. The summed E-state index contributed by atoms with van der Waals surface area (Å²) in [7, 11) is -1.13. The van der Waals surface area contributed by atoms with Crippen LogP contribution in [0.5, 0.6) is 17.2 Å². The summed E-state index contributed by atoms with van der Waals surface area (Å²) in [6, 6.07) is 8.77. The summed E-state index contributed by atoms with van der Waals surface area (Å²) >= 11 is 3.25. The van der Waals surface area contributed by atoms with E-state index in [2.05, 4.69) is 31.2 Å². The number of nitrogens with zero attached hydrogens (tertiary/aromatic N) is 1. The fourth-order valence-corrected chi connectivity index (χ4v) is 3.45. The Morgan fingerprint density at radius 3 is 2.57 bits per heavy atom. The second kappa shape index (κ2) is 9.53. The molecule has 0 saturated carbocycles. The number of nitrogens with one attached hydrogen (secondary N) is 2. The number of hydrazone groups is 1. The predicted molar refractivity (Wildman–Crippen MR) is 106 cm³/mol. The molecule has 11 heteroatoms. The Bertz CT molecular complexity index is 994. The fourth-order valence-electron chi connectivity index (χ4n) is 2.07. The zero-order chi connectivity index (χ0) is 20.7. The average Bonchev–Trinajstić information content (AvgIpc) is 2.68. The lowest BCUT2D eigenvalue weighted by atomic mass is 10.2.